The van der Waals surface area contributed by atoms with Crippen LogP contribution in [0.1, 0.15) is 18.4 Å². The predicted octanol–water partition coefficient (Wildman–Crippen LogP) is 4.12. The number of nitrogens with one attached hydrogen (secondary N) is 1. The molecule has 0 heterocycles. The highest BCUT2D eigenvalue weighted by atomic mass is 19.2. The van der Waals surface area contributed by atoms with E-state index in [1.54, 1.807) is 35.6 Å². The Hall–Kier alpha value is -2.44. The normalized spacial score (nSPS) is 12.1. The highest BCUT2D eigenvalue weighted by Gasteiger charge is 2.28. The Morgan fingerprint density at radius 2 is 1.32 bits per heavy atom. The summed E-state index contributed by atoms with van der Waals surface area (Å²) < 4.78 is 66.0. The van der Waals surface area contributed by atoms with E-state index in [4.69, 9.17) is 0 Å². The van der Waals surface area contributed by atoms with Crippen LogP contribution in [-0.2, 0) is 4.79 Å². The Bertz CT molecular complexity index is 689. The van der Waals surface area contributed by atoms with Crippen molar-refractivity contribution in [3.05, 3.63) is 65.0 Å². The molecule has 22 heavy (non-hydrogen) atoms. The summed E-state index contributed by atoms with van der Waals surface area (Å²) >= 11 is 0. The summed E-state index contributed by atoms with van der Waals surface area (Å²) in [6.07, 6.45) is 0. The third-order valence-electron chi connectivity index (χ3n) is 3.15. The van der Waals surface area contributed by atoms with Gasteiger partial charge in [-0.25, -0.2) is 22.0 Å². The van der Waals surface area contributed by atoms with Crippen LogP contribution < -0.4 is 5.32 Å². The van der Waals surface area contributed by atoms with Gasteiger partial charge in [0.25, 0.3) is 0 Å². The first kappa shape index (κ1) is 15.9. The molecule has 1 amide bonds. The van der Waals surface area contributed by atoms with Crippen LogP contribution in [0, 0.1) is 29.1 Å². The molecule has 0 radical (unpaired) electrons. The van der Waals surface area contributed by atoms with E-state index < -0.39 is 46.6 Å². The summed E-state index contributed by atoms with van der Waals surface area (Å²) in [7, 11) is 0. The maximum absolute atomic E-state index is 13.5. The highest BCUT2D eigenvalue weighted by molar-refractivity contribution is 5.95. The molecule has 0 saturated heterocycles. The summed E-state index contributed by atoms with van der Waals surface area (Å²) in [6, 6.07) is 8.21. The first-order valence-electron chi connectivity index (χ1n) is 6.21. The number of benzene rings is 2. The van der Waals surface area contributed by atoms with E-state index >= 15 is 0 Å². The molecule has 1 atom stereocenters. The minimum absolute atomic E-state index is 0.531. The Balaban J connectivity index is 2.34. The van der Waals surface area contributed by atoms with E-state index in [9.17, 15) is 26.7 Å². The van der Waals surface area contributed by atoms with Crippen LogP contribution in [-0.4, -0.2) is 5.91 Å². The van der Waals surface area contributed by atoms with Crippen molar-refractivity contribution >= 4 is 11.6 Å². The summed E-state index contributed by atoms with van der Waals surface area (Å²) in [4.78, 5) is 11.9. The van der Waals surface area contributed by atoms with E-state index in [0.29, 0.717) is 5.56 Å². The third kappa shape index (κ3) is 2.79. The van der Waals surface area contributed by atoms with Crippen molar-refractivity contribution < 1.29 is 26.7 Å². The quantitative estimate of drug-likeness (QED) is 0.515. The maximum atomic E-state index is 13.5. The number of rotatable bonds is 3. The standard InChI is InChI=1S/C15H10F5NO/c1-7(8-5-3-2-4-6-8)15(22)21-14-12(19)10(17)9(16)11(18)13(14)20/h2-7H,1H3,(H,21,22). The lowest BCUT2D eigenvalue weighted by atomic mass is 10.0. The van der Waals surface area contributed by atoms with E-state index in [1.807, 2.05) is 0 Å². The molecule has 0 fully saturated rings. The van der Waals surface area contributed by atoms with Crippen LogP contribution in [0.25, 0.3) is 0 Å². The van der Waals surface area contributed by atoms with Crippen molar-refractivity contribution in [3.63, 3.8) is 0 Å². The number of halogens is 5. The van der Waals surface area contributed by atoms with Crippen LogP contribution in [0.3, 0.4) is 0 Å². The van der Waals surface area contributed by atoms with Gasteiger partial charge in [0.15, 0.2) is 23.3 Å². The largest absolute Gasteiger partial charge is 0.320 e. The number of hydrogen-bond acceptors (Lipinski definition) is 1. The van der Waals surface area contributed by atoms with Crippen LogP contribution in [0.4, 0.5) is 27.6 Å². The Labute approximate surface area is 122 Å². The van der Waals surface area contributed by atoms with Gasteiger partial charge < -0.3 is 5.32 Å². The van der Waals surface area contributed by atoms with Crippen molar-refractivity contribution in [2.45, 2.75) is 12.8 Å². The summed E-state index contributed by atoms with van der Waals surface area (Å²) in [5, 5.41) is 1.75. The fourth-order valence-corrected chi connectivity index (χ4v) is 1.84. The van der Waals surface area contributed by atoms with Gasteiger partial charge in [-0.1, -0.05) is 30.3 Å². The SMILES string of the molecule is CC(C(=O)Nc1c(F)c(F)c(F)c(F)c1F)c1ccccc1. The zero-order chi connectivity index (χ0) is 16.4. The highest BCUT2D eigenvalue weighted by Crippen LogP contribution is 2.28. The molecule has 1 N–H and O–H groups in total. The lowest BCUT2D eigenvalue weighted by Gasteiger charge is -2.14. The van der Waals surface area contributed by atoms with Gasteiger partial charge in [-0.15, -0.1) is 0 Å². The van der Waals surface area contributed by atoms with Gasteiger partial charge in [0.1, 0.15) is 5.69 Å². The molecule has 116 valence electrons. The number of hydrogen-bond donors (Lipinski definition) is 1. The Kier molecular flexibility index (Phi) is 4.44. The van der Waals surface area contributed by atoms with Gasteiger partial charge in [-0.3, -0.25) is 4.79 Å². The number of amides is 1. The van der Waals surface area contributed by atoms with Gasteiger partial charge in [0.05, 0.1) is 5.92 Å². The van der Waals surface area contributed by atoms with Crippen molar-refractivity contribution in [3.8, 4) is 0 Å². The van der Waals surface area contributed by atoms with Crippen molar-refractivity contribution in [1.29, 1.82) is 0 Å². The number of carbonyl (C=O) groups excluding carboxylic acids is 1. The first-order valence-corrected chi connectivity index (χ1v) is 6.21. The number of carbonyl (C=O) groups is 1. The van der Waals surface area contributed by atoms with Crippen LogP contribution in [0.5, 0.6) is 0 Å². The predicted molar refractivity (Wildman–Crippen MR) is 69.7 cm³/mol. The van der Waals surface area contributed by atoms with E-state index in [1.165, 1.54) is 6.92 Å². The van der Waals surface area contributed by atoms with E-state index in [0.717, 1.165) is 0 Å². The molecular formula is C15H10F5NO. The van der Waals surface area contributed by atoms with Crippen LogP contribution in [0.2, 0.25) is 0 Å². The monoisotopic (exact) mass is 315 g/mol. The smallest absolute Gasteiger partial charge is 0.231 e. The zero-order valence-corrected chi connectivity index (χ0v) is 11.3. The minimum atomic E-state index is -2.27. The lowest BCUT2D eigenvalue weighted by Crippen LogP contribution is -2.21. The average Bonchev–Trinajstić information content (AvgIpc) is 2.55. The summed E-state index contributed by atoms with van der Waals surface area (Å²) in [5.41, 5.74) is -0.826. The van der Waals surface area contributed by atoms with Gasteiger partial charge in [-0.2, -0.15) is 0 Å². The average molecular weight is 315 g/mol. The molecular weight excluding hydrogens is 305 g/mol. The molecule has 0 aromatic heterocycles. The molecule has 0 aliphatic heterocycles. The maximum Gasteiger partial charge on any atom is 0.231 e. The summed E-state index contributed by atoms with van der Waals surface area (Å²) in [6.45, 7) is 1.44. The van der Waals surface area contributed by atoms with Crippen molar-refractivity contribution in [1.82, 2.24) is 0 Å². The molecule has 2 aromatic carbocycles. The minimum Gasteiger partial charge on any atom is -0.320 e. The van der Waals surface area contributed by atoms with Crippen molar-refractivity contribution in [2.24, 2.45) is 0 Å². The molecule has 2 aromatic rings. The molecule has 0 aliphatic carbocycles. The van der Waals surface area contributed by atoms with E-state index in [-0.39, 0.29) is 0 Å². The first-order chi connectivity index (χ1) is 10.3. The Morgan fingerprint density at radius 1 is 0.864 bits per heavy atom. The molecule has 1 unspecified atom stereocenters. The molecule has 0 bridgehead atoms. The molecule has 7 heteroatoms. The third-order valence-corrected chi connectivity index (χ3v) is 3.15. The van der Waals surface area contributed by atoms with Crippen LogP contribution >= 0.6 is 0 Å². The molecule has 0 aliphatic rings. The van der Waals surface area contributed by atoms with Gasteiger partial charge in [-0.05, 0) is 12.5 Å². The molecule has 2 rings (SSSR count). The topological polar surface area (TPSA) is 29.1 Å². The zero-order valence-electron chi connectivity index (χ0n) is 11.3. The summed E-state index contributed by atoms with van der Waals surface area (Å²) in [5.74, 6) is -12.4. The molecule has 2 nitrogen and oxygen atoms in total. The van der Waals surface area contributed by atoms with Gasteiger partial charge in [0, 0.05) is 0 Å². The Morgan fingerprint density at radius 3 is 1.82 bits per heavy atom. The van der Waals surface area contributed by atoms with Crippen LogP contribution in [0.15, 0.2) is 30.3 Å². The lowest BCUT2D eigenvalue weighted by molar-refractivity contribution is -0.117. The fraction of sp³-hybridized carbons (Fsp3) is 0.133. The van der Waals surface area contributed by atoms with Gasteiger partial charge in [0.2, 0.25) is 11.7 Å². The fourth-order valence-electron chi connectivity index (χ4n) is 1.84. The second kappa shape index (κ2) is 6.13. The second-order valence-corrected chi connectivity index (χ2v) is 4.57. The van der Waals surface area contributed by atoms with E-state index in [2.05, 4.69) is 0 Å². The van der Waals surface area contributed by atoms with Crippen molar-refractivity contribution in [2.75, 3.05) is 5.32 Å². The van der Waals surface area contributed by atoms with Gasteiger partial charge >= 0.3 is 0 Å². The second-order valence-electron chi connectivity index (χ2n) is 4.57. The molecule has 0 saturated carbocycles. The molecule has 0 spiro atoms. The number of anilines is 1.